The summed E-state index contributed by atoms with van der Waals surface area (Å²) in [7, 11) is 1.74. The van der Waals surface area contributed by atoms with E-state index in [9.17, 15) is 4.79 Å². The van der Waals surface area contributed by atoms with Gasteiger partial charge in [0.15, 0.2) is 5.82 Å². The van der Waals surface area contributed by atoms with Crippen LogP contribution in [0.2, 0.25) is 5.02 Å². The Morgan fingerprint density at radius 2 is 2.32 bits per heavy atom. The molecule has 0 bridgehead atoms. The molecule has 0 saturated heterocycles. The number of rotatable bonds is 4. The third-order valence-electron chi connectivity index (χ3n) is 2.26. The summed E-state index contributed by atoms with van der Waals surface area (Å²) in [6.45, 7) is 0.192. The lowest BCUT2D eigenvalue weighted by molar-refractivity contribution is 0.0945. The second-order valence-corrected chi connectivity index (χ2v) is 4.10. The summed E-state index contributed by atoms with van der Waals surface area (Å²) in [4.78, 5) is 19.9. The Kier molecular flexibility index (Phi) is 3.93. The highest BCUT2D eigenvalue weighted by molar-refractivity contribution is 6.33. The van der Waals surface area contributed by atoms with E-state index in [1.807, 2.05) is 0 Å². The number of hydrazine groups is 1. The number of nitrogens with zero attached hydrogens (tertiary/aromatic N) is 4. The maximum Gasteiger partial charge on any atom is 0.271 e. The van der Waals surface area contributed by atoms with Gasteiger partial charge in [0.1, 0.15) is 17.8 Å². The van der Waals surface area contributed by atoms with E-state index in [1.165, 1.54) is 6.07 Å². The predicted octanol–water partition coefficient (Wildman–Crippen LogP) is 0.0791. The van der Waals surface area contributed by atoms with E-state index < -0.39 is 5.91 Å². The molecule has 2 rings (SSSR count). The van der Waals surface area contributed by atoms with Gasteiger partial charge in [-0.1, -0.05) is 11.6 Å². The van der Waals surface area contributed by atoms with Crippen molar-refractivity contribution in [2.75, 3.05) is 5.43 Å². The SMILES string of the molecule is Cn1cnc(CNC(=O)c2nc(NN)ccc2Cl)n1. The highest BCUT2D eigenvalue weighted by Gasteiger charge is 2.13. The van der Waals surface area contributed by atoms with Gasteiger partial charge in [-0.05, 0) is 12.1 Å². The normalized spacial score (nSPS) is 10.3. The minimum absolute atomic E-state index is 0.0908. The van der Waals surface area contributed by atoms with Gasteiger partial charge < -0.3 is 10.7 Å². The first-order valence-corrected chi connectivity index (χ1v) is 5.74. The average molecular weight is 282 g/mol. The number of halogens is 1. The molecular formula is C10H12ClN7O. The molecule has 1 amide bonds. The van der Waals surface area contributed by atoms with Crippen LogP contribution in [-0.2, 0) is 13.6 Å². The fraction of sp³-hybridized carbons (Fsp3) is 0.200. The quantitative estimate of drug-likeness (QED) is 0.541. The van der Waals surface area contributed by atoms with Gasteiger partial charge in [-0.2, -0.15) is 5.10 Å². The molecule has 9 heteroatoms. The zero-order chi connectivity index (χ0) is 13.8. The summed E-state index contributed by atoms with van der Waals surface area (Å²) < 4.78 is 1.55. The van der Waals surface area contributed by atoms with E-state index in [2.05, 4.69) is 25.8 Å². The number of amides is 1. The maximum absolute atomic E-state index is 11.9. The number of carbonyl (C=O) groups is 1. The number of carbonyl (C=O) groups excluding carboxylic acids is 1. The maximum atomic E-state index is 11.9. The Balaban J connectivity index is 2.07. The van der Waals surface area contributed by atoms with Gasteiger partial charge in [0.05, 0.1) is 11.6 Å². The van der Waals surface area contributed by atoms with Crippen molar-refractivity contribution >= 4 is 23.3 Å². The Hall–Kier alpha value is -2.19. The molecule has 0 radical (unpaired) electrons. The highest BCUT2D eigenvalue weighted by atomic mass is 35.5. The lowest BCUT2D eigenvalue weighted by atomic mass is 10.3. The molecule has 0 saturated carbocycles. The molecular weight excluding hydrogens is 270 g/mol. The minimum Gasteiger partial charge on any atom is -0.343 e. The Morgan fingerprint density at radius 3 is 2.95 bits per heavy atom. The predicted molar refractivity (Wildman–Crippen MR) is 69.2 cm³/mol. The third-order valence-corrected chi connectivity index (χ3v) is 2.57. The molecule has 0 aliphatic carbocycles. The fourth-order valence-corrected chi connectivity index (χ4v) is 1.58. The number of aryl methyl sites for hydroxylation is 1. The van der Waals surface area contributed by atoms with Crippen molar-refractivity contribution in [3.63, 3.8) is 0 Å². The minimum atomic E-state index is -0.422. The lowest BCUT2D eigenvalue weighted by Gasteiger charge is -2.06. The van der Waals surface area contributed by atoms with Crippen molar-refractivity contribution in [3.8, 4) is 0 Å². The molecule has 0 aliphatic heterocycles. The number of nitrogens with one attached hydrogen (secondary N) is 2. The monoisotopic (exact) mass is 281 g/mol. The zero-order valence-electron chi connectivity index (χ0n) is 10.1. The van der Waals surface area contributed by atoms with Crippen molar-refractivity contribution < 1.29 is 4.79 Å². The largest absolute Gasteiger partial charge is 0.343 e. The van der Waals surface area contributed by atoms with E-state index in [1.54, 1.807) is 24.1 Å². The van der Waals surface area contributed by atoms with Gasteiger partial charge in [-0.25, -0.2) is 15.8 Å². The average Bonchev–Trinajstić information content (AvgIpc) is 2.82. The molecule has 2 aromatic rings. The molecule has 0 unspecified atom stereocenters. The van der Waals surface area contributed by atoms with Crippen LogP contribution in [0.25, 0.3) is 0 Å². The Morgan fingerprint density at radius 1 is 1.53 bits per heavy atom. The first-order valence-electron chi connectivity index (χ1n) is 5.36. The van der Waals surface area contributed by atoms with Crippen molar-refractivity contribution in [1.82, 2.24) is 25.1 Å². The van der Waals surface area contributed by atoms with E-state index in [0.717, 1.165) is 0 Å². The zero-order valence-corrected chi connectivity index (χ0v) is 10.8. The molecule has 4 N–H and O–H groups in total. The van der Waals surface area contributed by atoms with Crippen molar-refractivity contribution in [3.05, 3.63) is 35.0 Å². The van der Waals surface area contributed by atoms with Crippen LogP contribution in [0, 0.1) is 0 Å². The number of nitrogen functional groups attached to an aromatic ring is 1. The summed E-state index contributed by atoms with van der Waals surface area (Å²) in [5.41, 5.74) is 2.44. The van der Waals surface area contributed by atoms with Crippen molar-refractivity contribution in [1.29, 1.82) is 0 Å². The fourth-order valence-electron chi connectivity index (χ4n) is 1.39. The number of nitrogens with two attached hydrogens (primary N) is 1. The van der Waals surface area contributed by atoms with Crippen LogP contribution in [0.1, 0.15) is 16.3 Å². The van der Waals surface area contributed by atoms with Gasteiger partial charge in [0, 0.05) is 7.05 Å². The van der Waals surface area contributed by atoms with Gasteiger partial charge in [0.25, 0.3) is 5.91 Å². The number of pyridine rings is 1. The Labute approximate surface area is 114 Å². The number of aromatic nitrogens is 4. The van der Waals surface area contributed by atoms with Gasteiger partial charge >= 0.3 is 0 Å². The number of hydrogen-bond donors (Lipinski definition) is 3. The first-order chi connectivity index (χ1) is 9.10. The standard InChI is InChI=1S/C10H12ClN7O/c1-18-5-14-8(17-18)4-13-10(19)9-6(11)2-3-7(15-9)16-12/h2-3,5H,4,12H2,1H3,(H,13,19)(H,15,16). The van der Waals surface area contributed by atoms with E-state index in [4.69, 9.17) is 17.4 Å². The van der Waals surface area contributed by atoms with Gasteiger partial charge in [0.2, 0.25) is 0 Å². The molecule has 8 nitrogen and oxygen atoms in total. The first kappa shape index (κ1) is 13.2. The summed E-state index contributed by atoms with van der Waals surface area (Å²) in [5.74, 6) is 5.66. The van der Waals surface area contributed by atoms with Crippen LogP contribution in [0.3, 0.4) is 0 Å². The summed E-state index contributed by atoms with van der Waals surface area (Å²) >= 11 is 5.91. The molecule has 2 aromatic heterocycles. The molecule has 0 atom stereocenters. The highest BCUT2D eigenvalue weighted by Crippen LogP contribution is 2.16. The molecule has 2 heterocycles. The topological polar surface area (TPSA) is 111 Å². The summed E-state index contributed by atoms with van der Waals surface area (Å²) in [6, 6.07) is 3.11. The summed E-state index contributed by atoms with van der Waals surface area (Å²) in [5, 5.41) is 6.91. The van der Waals surface area contributed by atoms with E-state index in [0.29, 0.717) is 11.6 Å². The molecule has 100 valence electrons. The molecule has 0 aliphatic rings. The van der Waals surface area contributed by atoms with Crippen LogP contribution >= 0.6 is 11.6 Å². The lowest BCUT2D eigenvalue weighted by Crippen LogP contribution is -2.25. The van der Waals surface area contributed by atoms with Crippen molar-refractivity contribution in [2.45, 2.75) is 6.54 Å². The smallest absolute Gasteiger partial charge is 0.271 e. The Bertz CT molecular complexity index is 597. The molecule has 0 spiro atoms. The number of anilines is 1. The van der Waals surface area contributed by atoms with Gasteiger partial charge in [-0.3, -0.25) is 9.48 Å². The van der Waals surface area contributed by atoms with Crippen LogP contribution < -0.4 is 16.6 Å². The summed E-state index contributed by atoms with van der Waals surface area (Å²) in [6.07, 6.45) is 1.55. The van der Waals surface area contributed by atoms with Crippen molar-refractivity contribution in [2.24, 2.45) is 12.9 Å². The number of hydrogen-bond acceptors (Lipinski definition) is 6. The second kappa shape index (κ2) is 5.63. The molecule has 19 heavy (non-hydrogen) atoms. The van der Waals surface area contributed by atoms with Crippen LogP contribution in [0.15, 0.2) is 18.5 Å². The second-order valence-electron chi connectivity index (χ2n) is 3.69. The third kappa shape index (κ3) is 3.18. The van der Waals surface area contributed by atoms with Crippen LogP contribution in [-0.4, -0.2) is 25.7 Å². The van der Waals surface area contributed by atoms with Gasteiger partial charge in [-0.15, -0.1) is 0 Å². The molecule has 0 aromatic carbocycles. The van der Waals surface area contributed by atoms with E-state index >= 15 is 0 Å². The van der Waals surface area contributed by atoms with Crippen LogP contribution in [0.4, 0.5) is 5.82 Å². The molecule has 0 fully saturated rings. The van der Waals surface area contributed by atoms with Crippen LogP contribution in [0.5, 0.6) is 0 Å². The van der Waals surface area contributed by atoms with E-state index in [-0.39, 0.29) is 17.3 Å².